The van der Waals surface area contributed by atoms with Crippen LogP contribution < -0.4 is 9.47 Å². The molecule has 0 aromatic heterocycles. The molecule has 47 heavy (non-hydrogen) atoms. The summed E-state index contributed by atoms with van der Waals surface area (Å²) in [5, 5.41) is 22.3. The van der Waals surface area contributed by atoms with Crippen molar-refractivity contribution in [1.82, 2.24) is 0 Å². The van der Waals surface area contributed by atoms with E-state index in [1.807, 2.05) is 46.8 Å². The summed E-state index contributed by atoms with van der Waals surface area (Å²) >= 11 is 0. The summed E-state index contributed by atoms with van der Waals surface area (Å²) in [6.07, 6.45) is 9.93. The first kappa shape index (κ1) is 33.0. The Morgan fingerprint density at radius 2 is 1.85 bits per heavy atom. The SMILES string of the molecule is C=C(C)C(O)CC[C@]1(C)C=Cc2c(O)c3c(c(CC=C(C)C)c2O1)O[C@]12C(=C[C@@H]4CC1C(C)(C)O[C@]2(C/C=C(/C)OC=O)C4=O)C3=O. The highest BCUT2D eigenvalue weighted by Crippen LogP contribution is 2.68. The summed E-state index contributed by atoms with van der Waals surface area (Å²) in [4.78, 5) is 40.1. The highest BCUT2D eigenvalue weighted by atomic mass is 16.6. The van der Waals surface area contributed by atoms with Gasteiger partial charge in [0.2, 0.25) is 0 Å². The molecular formula is C38H44O9. The average molecular weight is 645 g/mol. The van der Waals surface area contributed by atoms with Crippen molar-refractivity contribution >= 4 is 24.1 Å². The lowest BCUT2D eigenvalue weighted by atomic mass is 9.51. The van der Waals surface area contributed by atoms with E-state index in [0.29, 0.717) is 65.9 Å². The Morgan fingerprint density at radius 3 is 2.51 bits per heavy atom. The van der Waals surface area contributed by atoms with E-state index in [0.717, 1.165) is 5.57 Å². The monoisotopic (exact) mass is 644 g/mol. The van der Waals surface area contributed by atoms with Crippen molar-refractivity contribution in [3.63, 3.8) is 0 Å². The lowest BCUT2D eigenvalue weighted by Gasteiger charge is -2.56. The predicted octanol–water partition coefficient (Wildman–Crippen LogP) is 6.26. The zero-order valence-corrected chi connectivity index (χ0v) is 28.2. The molecule has 1 aromatic carbocycles. The van der Waals surface area contributed by atoms with E-state index in [-0.39, 0.29) is 35.2 Å². The molecule has 3 aliphatic heterocycles. The molecule has 4 bridgehead atoms. The van der Waals surface area contributed by atoms with Crippen molar-refractivity contribution in [3.8, 4) is 17.2 Å². The van der Waals surface area contributed by atoms with E-state index in [1.54, 1.807) is 32.1 Å². The van der Waals surface area contributed by atoms with Gasteiger partial charge in [-0.15, -0.1) is 0 Å². The number of Topliss-reactive ketones (excluding diaryl/α,β-unsaturated/α-hetero) is 2. The van der Waals surface area contributed by atoms with E-state index in [1.165, 1.54) is 0 Å². The number of carbonyl (C=O) groups is 3. The van der Waals surface area contributed by atoms with Gasteiger partial charge >= 0.3 is 0 Å². The van der Waals surface area contributed by atoms with Crippen LogP contribution in [0.1, 0.15) is 95.6 Å². The van der Waals surface area contributed by atoms with E-state index in [2.05, 4.69) is 6.58 Å². The van der Waals surface area contributed by atoms with E-state index in [9.17, 15) is 24.6 Å². The summed E-state index contributed by atoms with van der Waals surface area (Å²) in [5.74, 6) is -0.936. The Bertz CT molecular complexity index is 1720. The molecule has 9 heteroatoms. The minimum absolute atomic E-state index is 0.0183. The molecule has 3 aliphatic carbocycles. The van der Waals surface area contributed by atoms with E-state index >= 15 is 0 Å². The number of ketones is 2. The second-order valence-electron chi connectivity index (χ2n) is 14.7. The third-order valence-corrected chi connectivity index (χ3v) is 10.7. The molecule has 0 radical (unpaired) electrons. The average Bonchev–Trinajstić information content (AvgIpc) is 3.15. The van der Waals surface area contributed by atoms with Crippen molar-refractivity contribution in [2.75, 3.05) is 0 Å². The number of carbonyl (C=O) groups excluding carboxylic acids is 3. The minimum atomic E-state index is -1.58. The lowest BCUT2D eigenvalue weighted by Crippen LogP contribution is -2.72. The van der Waals surface area contributed by atoms with Gasteiger partial charge in [-0.1, -0.05) is 29.9 Å². The number of rotatable bonds is 10. The summed E-state index contributed by atoms with van der Waals surface area (Å²) in [6.45, 7) is 17.2. The second-order valence-corrected chi connectivity index (χ2v) is 14.7. The first-order valence-electron chi connectivity index (χ1n) is 16.3. The molecule has 1 spiro atoms. The van der Waals surface area contributed by atoms with Gasteiger partial charge in [0.25, 0.3) is 6.47 Å². The number of benzene rings is 1. The summed E-state index contributed by atoms with van der Waals surface area (Å²) < 4.78 is 25.6. The number of aromatic hydroxyl groups is 1. The Labute approximate surface area is 275 Å². The first-order chi connectivity index (χ1) is 22.0. The van der Waals surface area contributed by atoms with Gasteiger partial charge < -0.3 is 29.2 Å². The van der Waals surface area contributed by atoms with Crippen molar-refractivity contribution in [2.45, 2.75) is 109 Å². The smallest absolute Gasteiger partial charge is 0.298 e. The maximum atomic E-state index is 14.7. The number of hydrogen-bond acceptors (Lipinski definition) is 9. The fraction of sp³-hybridized carbons (Fsp3) is 0.500. The highest BCUT2D eigenvalue weighted by Gasteiger charge is 2.81. The van der Waals surface area contributed by atoms with Gasteiger partial charge in [-0.05, 0) is 92.4 Å². The molecule has 2 unspecified atom stereocenters. The van der Waals surface area contributed by atoms with Crippen molar-refractivity contribution in [2.24, 2.45) is 11.8 Å². The van der Waals surface area contributed by atoms with Crippen LogP contribution in [0.4, 0.5) is 0 Å². The summed E-state index contributed by atoms with van der Waals surface area (Å²) in [7, 11) is 0. The molecule has 6 atom stereocenters. The van der Waals surface area contributed by atoms with Crippen LogP contribution in [0.2, 0.25) is 0 Å². The number of phenols is 1. The van der Waals surface area contributed by atoms with Gasteiger partial charge in [0.1, 0.15) is 34.2 Å². The van der Waals surface area contributed by atoms with Crippen LogP contribution >= 0.6 is 0 Å². The van der Waals surface area contributed by atoms with Crippen LogP contribution in [0.15, 0.2) is 53.4 Å². The van der Waals surface area contributed by atoms with Crippen molar-refractivity contribution < 1.29 is 43.5 Å². The highest BCUT2D eigenvalue weighted by molar-refractivity contribution is 6.19. The molecule has 250 valence electrons. The number of hydrogen-bond donors (Lipinski definition) is 2. The first-order valence-corrected chi connectivity index (χ1v) is 16.3. The van der Waals surface area contributed by atoms with Crippen LogP contribution in [-0.2, 0) is 25.5 Å². The summed E-state index contributed by atoms with van der Waals surface area (Å²) in [6, 6.07) is 0. The maximum Gasteiger partial charge on any atom is 0.298 e. The zero-order chi connectivity index (χ0) is 34.3. The quantitative estimate of drug-likeness (QED) is 0.172. The molecule has 3 heterocycles. The van der Waals surface area contributed by atoms with Crippen molar-refractivity contribution in [1.29, 1.82) is 0 Å². The topological polar surface area (TPSA) is 129 Å². The number of aliphatic hydroxyl groups excluding tert-OH is 1. The molecular weight excluding hydrogens is 600 g/mol. The van der Waals surface area contributed by atoms with Crippen LogP contribution in [0.5, 0.6) is 17.2 Å². The Morgan fingerprint density at radius 1 is 1.13 bits per heavy atom. The van der Waals surface area contributed by atoms with Gasteiger partial charge in [-0.25, -0.2) is 0 Å². The van der Waals surface area contributed by atoms with Crippen LogP contribution in [0.3, 0.4) is 0 Å². The van der Waals surface area contributed by atoms with E-state index in [4.69, 9.17) is 18.9 Å². The fourth-order valence-electron chi connectivity index (χ4n) is 8.22. The molecule has 6 aliphatic rings. The normalized spacial score (nSPS) is 31.5. The standard InChI is InChI=1S/C38H44O9/c1-20(2)9-10-25-32-24(12-14-36(8,45-32)15-13-27(40)21(3)4)30(41)29-31(42)26-17-23-18-28-35(6,7)47-37(34(23)43,16-11-22(5)44-19-39)38(26,28)46-33(25)29/h9,11-12,14,17,19,23,27-28,40-41H,3,10,13,15-16,18H2,1-2,4-8H3/b22-11-/t23-,27?,28?,36+,37-,38-/m1/s1. The van der Waals surface area contributed by atoms with Gasteiger partial charge in [-0.3, -0.25) is 14.4 Å². The molecule has 0 amide bonds. The zero-order valence-electron chi connectivity index (χ0n) is 28.2. The second kappa shape index (κ2) is 11.1. The molecule has 1 saturated heterocycles. The Kier molecular flexibility index (Phi) is 7.76. The Balaban J connectivity index is 1.56. The molecule has 1 saturated carbocycles. The molecule has 1 aromatic rings. The number of phenolic OH excluding ortho intramolecular Hbond substituents is 1. The fourth-order valence-corrected chi connectivity index (χ4v) is 8.22. The molecule has 9 nitrogen and oxygen atoms in total. The van der Waals surface area contributed by atoms with Gasteiger partial charge in [0, 0.05) is 29.4 Å². The number of fused-ring (bicyclic) bond motifs is 2. The van der Waals surface area contributed by atoms with Crippen LogP contribution in [0, 0.1) is 11.8 Å². The third-order valence-electron chi connectivity index (χ3n) is 10.7. The Hall–Kier alpha value is -3.95. The number of aliphatic hydroxyl groups is 1. The van der Waals surface area contributed by atoms with Gasteiger partial charge in [0.15, 0.2) is 22.8 Å². The molecule has 2 N–H and O–H groups in total. The maximum absolute atomic E-state index is 14.7. The third kappa shape index (κ3) is 4.76. The van der Waals surface area contributed by atoms with Crippen LogP contribution in [-0.4, -0.2) is 56.8 Å². The summed E-state index contributed by atoms with van der Waals surface area (Å²) in [5.41, 5.74) is -1.77. The molecule has 2 fully saturated rings. The molecule has 7 rings (SSSR count). The minimum Gasteiger partial charge on any atom is -0.506 e. The van der Waals surface area contributed by atoms with Gasteiger partial charge in [-0.2, -0.15) is 0 Å². The number of allylic oxidation sites excluding steroid dienone is 4. The van der Waals surface area contributed by atoms with Crippen LogP contribution in [0.25, 0.3) is 6.08 Å². The van der Waals surface area contributed by atoms with E-state index < -0.39 is 40.2 Å². The van der Waals surface area contributed by atoms with Crippen molar-refractivity contribution in [3.05, 3.63) is 70.1 Å². The number of ether oxygens (including phenoxy) is 4. The predicted molar refractivity (Wildman–Crippen MR) is 175 cm³/mol. The lowest BCUT2D eigenvalue weighted by molar-refractivity contribution is -0.171. The van der Waals surface area contributed by atoms with Gasteiger partial charge in [0.05, 0.1) is 17.3 Å². The largest absolute Gasteiger partial charge is 0.506 e.